The molecule has 0 bridgehead atoms. The van der Waals surface area contributed by atoms with Crippen LogP contribution >= 0.6 is 0 Å². The first-order valence-electron chi connectivity index (χ1n) is 5.02. The van der Waals surface area contributed by atoms with Crippen LogP contribution in [0.25, 0.3) is 21.9 Å². The molecule has 2 aromatic heterocycles. The van der Waals surface area contributed by atoms with Crippen molar-refractivity contribution in [3.8, 4) is 0 Å². The topological polar surface area (TPSA) is 48.0 Å². The Morgan fingerprint density at radius 2 is 2.19 bits per heavy atom. The van der Waals surface area contributed by atoms with Crippen LogP contribution in [0.5, 0.6) is 0 Å². The average Bonchev–Trinajstić information content (AvgIpc) is 2.56. The molecular formula is C12H10N2O2. The Kier molecular flexibility index (Phi) is 1.68. The summed E-state index contributed by atoms with van der Waals surface area (Å²) in [7, 11) is 1.88. The maximum Gasteiger partial charge on any atom is 0.336 e. The summed E-state index contributed by atoms with van der Waals surface area (Å²) in [4.78, 5) is 11.3. The van der Waals surface area contributed by atoms with E-state index in [9.17, 15) is 4.79 Å². The van der Waals surface area contributed by atoms with Crippen molar-refractivity contribution < 1.29 is 4.42 Å². The van der Waals surface area contributed by atoms with Crippen molar-refractivity contribution >= 4 is 21.9 Å². The third-order valence-electron chi connectivity index (χ3n) is 2.69. The molecule has 0 aliphatic rings. The molecule has 4 heteroatoms. The number of hydrogen-bond donors (Lipinski definition) is 0. The van der Waals surface area contributed by atoms with Crippen molar-refractivity contribution in [2.24, 2.45) is 7.05 Å². The Labute approximate surface area is 91.1 Å². The molecule has 0 N–H and O–H groups in total. The van der Waals surface area contributed by atoms with Gasteiger partial charge >= 0.3 is 5.63 Å². The third-order valence-corrected chi connectivity index (χ3v) is 2.69. The standard InChI is InChI=1S/C12H10N2O2/c1-7-5-10(15)16-9-4-3-8-6-14(2)13-12(8)11(7)9/h3-6H,1-2H3. The van der Waals surface area contributed by atoms with E-state index in [0.717, 1.165) is 21.9 Å². The van der Waals surface area contributed by atoms with E-state index in [2.05, 4.69) is 5.10 Å². The Bertz CT molecular complexity index is 753. The van der Waals surface area contributed by atoms with Gasteiger partial charge < -0.3 is 4.42 Å². The smallest absolute Gasteiger partial charge is 0.336 e. The Balaban J connectivity index is 2.64. The maximum absolute atomic E-state index is 11.3. The molecule has 80 valence electrons. The van der Waals surface area contributed by atoms with Gasteiger partial charge in [0, 0.05) is 30.1 Å². The monoisotopic (exact) mass is 214 g/mol. The fourth-order valence-electron chi connectivity index (χ4n) is 2.04. The zero-order valence-electron chi connectivity index (χ0n) is 9.02. The lowest BCUT2D eigenvalue weighted by Crippen LogP contribution is -1.98. The van der Waals surface area contributed by atoms with Crippen molar-refractivity contribution in [3.63, 3.8) is 0 Å². The van der Waals surface area contributed by atoms with Gasteiger partial charge in [-0.3, -0.25) is 4.68 Å². The molecule has 1 aromatic carbocycles. The molecule has 2 heterocycles. The molecule has 16 heavy (non-hydrogen) atoms. The largest absolute Gasteiger partial charge is 0.423 e. The number of benzene rings is 1. The van der Waals surface area contributed by atoms with E-state index in [1.54, 1.807) is 4.68 Å². The highest BCUT2D eigenvalue weighted by atomic mass is 16.4. The van der Waals surface area contributed by atoms with Crippen LogP contribution in [-0.4, -0.2) is 9.78 Å². The second-order valence-electron chi connectivity index (χ2n) is 3.93. The number of fused-ring (bicyclic) bond motifs is 3. The van der Waals surface area contributed by atoms with Crippen molar-refractivity contribution in [1.82, 2.24) is 9.78 Å². The summed E-state index contributed by atoms with van der Waals surface area (Å²) in [6.45, 7) is 1.90. The summed E-state index contributed by atoms with van der Waals surface area (Å²) in [6.07, 6.45) is 1.94. The number of rotatable bonds is 0. The number of aromatic nitrogens is 2. The summed E-state index contributed by atoms with van der Waals surface area (Å²) in [6, 6.07) is 5.22. The molecule has 3 aromatic rings. The van der Waals surface area contributed by atoms with Crippen LogP contribution in [0.2, 0.25) is 0 Å². The molecule has 0 spiro atoms. The highest BCUT2D eigenvalue weighted by molar-refractivity contribution is 6.04. The number of aryl methyl sites for hydroxylation is 2. The van der Waals surface area contributed by atoms with Gasteiger partial charge in [0.1, 0.15) is 11.1 Å². The molecule has 0 radical (unpaired) electrons. The molecule has 0 aliphatic carbocycles. The summed E-state index contributed by atoms with van der Waals surface area (Å²) in [5.74, 6) is 0. The Hall–Kier alpha value is -2.10. The molecule has 0 fully saturated rings. The molecule has 3 rings (SSSR count). The summed E-state index contributed by atoms with van der Waals surface area (Å²) >= 11 is 0. The highest BCUT2D eigenvalue weighted by Crippen LogP contribution is 2.25. The first-order valence-corrected chi connectivity index (χ1v) is 5.02. The van der Waals surface area contributed by atoms with E-state index in [-0.39, 0.29) is 5.63 Å². The van der Waals surface area contributed by atoms with E-state index in [1.165, 1.54) is 6.07 Å². The molecule has 0 aliphatic heterocycles. The van der Waals surface area contributed by atoms with Gasteiger partial charge in [0.05, 0.1) is 0 Å². The Morgan fingerprint density at radius 3 is 3.00 bits per heavy atom. The molecule has 0 atom stereocenters. The van der Waals surface area contributed by atoms with Gasteiger partial charge in [0.25, 0.3) is 0 Å². The lowest BCUT2D eigenvalue weighted by Gasteiger charge is -2.00. The fraction of sp³-hybridized carbons (Fsp3) is 0.167. The van der Waals surface area contributed by atoms with Crippen molar-refractivity contribution in [2.45, 2.75) is 6.92 Å². The van der Waals surface area contributed by atoms with E-state index < -0.39 is 0 Å². The first kappa shape index (κ1) is 9.15. The minimum absolute atomic E-state index is 0.319. The van der Waals surface area contributed by atoms with E-state index in [4.69, 9.17) is 4.42 Å². The van der Waals surface area contributed by atoms with E-state index in [0.29, 0.717) is 5.58 Å². The van der Waals surface area contributed by atoms with Crippen LogP contribution in [0, 0.1) is 6.92 Å². The molecular weight excluding hydrogens is 204 g/mol. The summed E-state index contributed by atoms with van der Waals surface area (Å²) in [5, 5.41) is 6.35. The van der Waals surface area contributed by atoms with Crippen LogP contribution in [0.4, 0.5) is 0 Å². The van der Waals surface area contributed by atoms with Gasteiger partial charge in [-0.05, 0) is 24.6 Å². The van der Waals surface area contributed by atoms with Gasteiger partial charge in [0.2, 0.25) is 0 Å². The quantitative estimate of drug-likeness (QED) is 0.538. The molecule has 4 nitrogen and oxygen atoms in total. The lowest BCUT2D eigenvalue weighted by molar-refractivity contribution is 0.560. The van der Waals surface area contributed by atoms with Gasteiger partial charge in [-0.1, -0.05) is 0 Å². The minimum Gasteiger partial charge on any atom is -0.423 e. The van der Waals surface area contributed by atoms with Gasteiger partial charge in [0.15, 0.2) is 0 Å². The third kappa shape index (κ3) is 1.16. The normalized spacial score (nSPS) is 11.4. The fourth-order valence-corrected chi connectivity index (χ4v) is 2.04. The van der Waals surface area contributed by atoms with Crippen LogP contribution in [0.15, 0.2) is 33.6 Å². The lowest BCUT2D eigenvalue weighted by atomic mass is 10.1. The van der Waals surface area contributed by atoms with Crippen LogP contribution in [0.1, 0.15) is 5.56 Å². The second-order valence-corrected chi connectivity index (χ2v) is 3.93. The van der Waals surface area contributed by atoms with Crippen molar-refractivity contribution in [3.05, 3.63) is 40.4 Å². The summed E-state index contributed by atoms with van der Waals surface area (Å²) < 4.78 is 6.91. The number of hydrogen-bond acceptors (Lipinski definition) is 3. The minimum atomic E-state index is -0.319. The summed E-state index contributed by atoms with van der Waals surface area (Å²) in [5.41, 5.74) is 2.05. The molecule has 0 saturated heterocycles. The van der Waals surface area contributed by atoms with Crippen LogP contribution < -0.4 is 5.63 Å². The highest BCUT2D eigenvalue weighted by Gasteiger charge is 2.09. The Morgan fingerprint density at radius 1 is 1.38 bits per heavy atom. The number of nitrogens with zero attached hydrogens (tertiary/aromatic N) is 2. The first-order chi connectivity index (χ1) is 7.65. The van der Waals surface area contributed by atoms with Gasteiger partial charge in [-0.2, -0.15) is 5.10 Å². The van der Waals surface area contributed by atoms with Gasteiger partial charge in [-0.15, -0.1) is 0 Å². The van der Waals surface area contributed by atoms with Gasteiger partial charge in [-0.25, -0.2) is 4.79 Å². The van der Waals surface area contributed by atoms with Crippen LogP contribution in [-0.2, 0) is 7.05 Å². The molecule has 0 unspecified atom stereocenters. The maximum atomic E-state index is 11.3. The predicted molar refractivity (Wildman–Crippen MR) is 61.5 cm³/mol. The molecule has 0 saturated carbocycles. The SMILES string of the molecule is Cc1cc(=O)oc2ccc3cn(C)nc3c12. The second kappa shape index (κ2) is 2.95. The average molecular weight is 214 g/mol. The van der Waals surface area contributed by atoms with E-state index >= 15 is 0 Å². The zero-order chi connectivity index (χ0) is 11.3. The van der Waals surface area contributed by atoms with E-state index in [1.807, 2.05) is 32.3 Å². The molecule has 0 amide bonds. The zero-order valence-corrected chi connectivity index (χ0v) is 9.02. The van der Waals surface area contributed by atoms with Crippen LogP contribution in [0.3, 0.4) is 0 Å². The van der Waals surface area contributed by atoms with Crippen molar-refractivity contribution in [1.29, 1.82) is 0 Å². The van der Waals surface area contributed by atoms with Crippen molar-refractivity contribution in [2.75, 3.05) is 0 Å². The predicted octanol–water partition coefficient (Wildman–Crippen LogP) is 1.99.